The Hall–Kier alpha value is -2.76. The van der Waals surface area contributed by atoms with Crippen molar-refractivity contribution in [2.24, 2.45) is 0 Å². The molecular formula is C18H20N2O4. The molecule has 3 N–H and O–H groups in total. The second-order valence-corrected chi connectivity index (χ2v) is 5.93. The van der Waals surface area contributed by atoms with Crippen LogP contribution >= 0.6 is 0 Å². The number of carbonyl (C=O) groups is 1. The number of nitrogens with one attached hydrogen (secondary N) is 1. The SMILES string of the molecule is CCc1c(-c2ccc(N3CCCC3)cc2)[nH]c(=O)c(C(=O)O)c1O. The minimum absolute atomic E-state index is 0.409. The number of hydrogen-bond donors (Lipinski definition) is 3. The molecule has 1 aromatic heterocycles. The van der Waals surface area contributed by atoms with Crippen LogP contribution in [0.15, 0.2) is 29.1 Å². The average molecular weight is 328 g/mol. The molecule has 6 nitrogen and oxygen atoms in total. The zero-order chi connectivity index (χ0) is 17.3. The first-order valence-electron chi connectivity index (χ1n) is 8.09. The molecule has 1 fully saturated rings. The quantitative estimate of drug-likeness (QED) is 0.802. The first-order valence-corrected chi connectivity index (χ1v) is 8.09. The molecule has 0 saturated carbocycles. The van der Waals surface area contributed by atoms with Gasteiger partial charge < -0.3 is 20.1 Å². The standard InChI is InChI=1S/C18H20N2O4/c1-2-13-15(19-17(22)14(16(13)21)18(23)24)11-5-7-12(8-6-11)20-9-3-4-10-20/h5-8H,2-4,9-10H2,1H3,(H,23,24)(H2,19,21,22). The Morgan fingerprint density at radius 2 is 1.83 bits per heavy atom. The number of H-pyrrole nitrogens is 1. The Bertz CT molecular complexity index is 818. The molecule has 0 unspecified atom stereocenters. The number of aromatic hydroxyl groups is 1. The van der Waals surface area contributed by atoms with Crippen LogP contribution in [0.25, 0.3) is 11.3 Å². The van der Waals surface area contributed by atoms with Crippen molar-refractivity contribution < 1.29 is 15.0 Å². The maximum Gasteiger partial charge on any atom is 0.345 e. The number of rotatable bonds is 4. The van der Waals surface area contributed by atoms with Crippen molar-refractivity contribution in [3.05, 3.63) is 45.7 Å². The molecule has 0 amide bonds. The Labute approximate surface area is 139 Å². The molecule has 0 radical (unpaired) electrons. The van der Waals surface area contributed by atoms with Gasteiger partial charge >= 0.3 is 5.97 Å². The fourth-order valence-electron chi connectivity index (χ4n) is 3.23. The number of benzene rings is 1. The Balaban J connectivity index is 2.05. The number of nitrogens with zero attached hydrogens (tertiary/aromatic N) is 1. The largest absolute Gasteiger partial charge is 0.506 e. The lowest BCUT2D eigenvalue weighted by molar-refractivity contribution is 0.0691. The van der Waals surface area contributed by atoms with E-state index in [-0.39, 0.29) is 0 Å². The number of carboxylic acids is 1. The van der Waals surface area contributed by atoms with Gasteiger partial charge in [-0.1, -0.05) is 19.1 Å². The van der Waals surface area contributed by atoms with Gasteiger partial charge in [-0.3, -0.25) is 4.79 Å². The van der Waals surface area contributed by atoms with Gasteiger partial charge in [0.25, 0.3) is 5.56 Å². The third kappa shape index (κ3) is 2.75. The molecule has 2 aromatic rings. The molecule has 2 heterocycles. The van der Waals surface area contributed by atoms with Crippen LogP contribution in [0.2, 0.25) is 0 Å². The molecular weight excluding hydrogens is 308 g/mol. The Morgan fingerprint density at radius 1 is 1.21 bits per heavy atom. The lowest BCUT2D eigenvalue weighted by Crippen LogP contribution is -2.20. The molecule has 3 rings (SSSR count). The van der Waals surface area contributed by atoms with Crippen LogP contribution in [0.4, 0.5) is 5.69 Å². The van der Waals surface area contributed by atoms with Crippen molar-refractivity contribution in [2.75, 3.05) is 18.0 Å². The number of aromatic amines is 1. The molecule has 0 bridgehead atoms. The van der Waals surface area contributed by atoms with Crippen molar-refractivity contribution in [3.8, 4) is 17.0 Å². The third-order valence-corrected chi connectivity index (χ3v) is 4.48. The topological polar surface area (TPSA) is 93.6 Å². The first kappa shape index (κ1) is 16.1. The number of carboxylic acid groups (broad SMARTS) is 1. The molecule has 1 saturated heterocycles. The van der Waals surface area contributed by atoms with Crippen molar-refractivity contribution in [1.29, 1.82) is 0 Å². The molecule has 1 aromatic carbocycles. The summed E-state index contributed by atoms with van der Waals surface area (Å²) in [5, 5.41) is 19.3. The maximum atomic E-state index is 12.0. The van der Waals surface area contributed by atoms with Crippen molar-refractivity contribution in [3.63, 3.8) is 0 Å². The van der Waals surface area contributed by atoms with Crippen molar-refractivity contribution >= 4 is 11.7 Å². The highest BCUT2D eigenvalue weighted by Crippen LogP contribution is 2.31. The Morgan fingerprint density at radius 3 is 2.38 bits per heavy atom. The highest BCUT2D eigenvalue weighted by atomic mass is 16.4. The van der Waals surface area contributed by atoms with Crippen LogP contribution in [0.3, 0.4) is 0 Å². The van der Waals surface area contributed by atoms with Crippen molar-refractivity contribution in [1.82, 2.24) is 4.98 Å². The van der Waals surface area contributed by atoms with Crippen LogP contribution in [0.5, 0.6) is 5.75 Å². The summed E-state index contributed by atoms with van der Waals surface area (Å²) in [6.45, 7) is 3.90. The van der Waals surface area contributed by atoms with Gasteiger partial charge in [-0.2, -0.15) is 0 Å². The molecule has 24 heavy (non-hydrogen) atoms. The van der Waals surface area contributed by atoms with E-state index in [0.29, 0.717) is 17.7 Å². The number of anilines is 1. The number of hydrogen-bond acceptors (Lipinski definition) is 4. The molecule has 1 aliphatic rings. The van der Waals surface area contributed by atoms with E-state index < -0.39 is 22.8 Å². The number of aromatic nitrogens is 1. The van der Waals surface area contributed by atoms with Gasteiger partial charge in [0.1, 0.15) is 5.75 Å². The van der Waals surface area contributed by atoms with Gasteiger partial charge in [0.05, 0.1) is 5.69 Å². The van der Waals surface area contributed by atoms with E-state index in [0.717, 1.165) is 24.3 Å². The molecule has 0 aliphatic carbocycles. The smallest absolute Gasteiger partial charge is 0.345 e. The van der Waals surface area contributed by atoms with Crippen molar-refractivity contribution in [2.45, 2.75) is 26.2 Å². The number of aromatic carboxylic acids is 1. The van der Waals surface area contributed by atoms with Gasteiger partial charge in [-0.15, -0.1) is 0 Å². The number of pyridine rings is 1. The summed E-state index contributed by atoms with van der Waals surface area (Å²) in [7, 11) is 0. The van der Waals surface area contributed by atoms with E-state index in [9.17, 15) is 14.7 Å². The van der Waals surface area contributed by atoms with E-state index in [4.69, 9.17) is 5.11 Å². The average Bonchev–Trinajstić information content (AvgIpc) is 3.08. The predicted molar refractivity (Wildman–Crippen MR) is 91.9 cm³/mol. The summed E-state index contributed by atoms with van der Waals surface area (Å²) < 4.78 is 0. The van der Waals surface area contributed by atoms with Crippen LogP contribution in [0, 0.1) is 0 Å². The third-order valence-electron chi connectivity index (χ3n) is 4.48. The van der Waals surface area contributed by atoms with Gasteiger partial charge in [0, 0.05) is 24.3 Å². The highest BCUT2D eigenvalue weighted by Gasteiger charge is 2.22. The minimum Gasteiger partial charge on any atom is -0.506 e. The van der Waals surface area contributed by atoms with Gasteiger partial charge in [-0.05, 0) is 37.0 Å². The molecule has 0 atom stereocenters. The highest BCUT2D eigenvalue weighted by molar-refractivity contribution is 5.92. The minimum atomic E-state index is -1.43. The van der Waals surface area contributed by atoms with Gasteiger partial charge in [0.15, 0.2) is 5.56 Å². The fraction of sp³-hybridized carbons (Fsp3) is 0.333. The fourth-order valence-corrected chi connectivity index (χ4v) is 3.23. The maximum absolute atomic E-state index is 12.0. The van der Waals surface area contributed by atoms with Gasteiger partial charge in [0.2, 0.25) is 0 Å². The monoisotopic (exact) mass is 328 g/mol. The van der Waals surface area contributed by atoms with E-state index in [2.05, 4.69) is 9.88 Å². The summed E-state index contributed by atoms with van der Waals surface area (Å²) in [5.74, 6) is -1.88. The predicted octanol–water partition coefficient (Wildman–Crippen LogP) is 2.61. The molecule has 126 valence electrons. The van der Waals surface area contributed by atoms with Crippen LogP contribution in [-0.4, -0.2) is 34.3 Å². The van der Waals surface area contributed by atoms with E-state index in [1.807, 2.05) is 24.3 Å². The summed E-state index contributed by atoms with van der Waals surface area (Å²) in [5.41, 5.74) is 1.38. The van der Waals surface area contributed by atoms with Crippen LogP contribution in [-0.2, 0) is 6.42 Å². The first-order chi connectivity index (χ1) is 11.5. The van der Waals surface area contributed by atoms with Crippen LogP contribution < -0.4 is 10.5 Å². The zero-order valence-electron chi connectivity index (χ0n) is 13.5. The summed E-state index contributed by atoms with van der Waals surface area (Å²) in [4.78, 5) is 28.1. The second kappa shape index (κ2) is 6.39. The lowest BCUT2D eigenvalue weighted by Gasteiger charge is -2.18. The van der Waals surface area contributed by atoms with E-state index in [1.54, 1.807) is 6.92 Å². The summed E-state index contributed by atoms with van der Waals surface area (Å²) in [6, 6.07) is 7.75. The summed E-state index contributed by atoms with van der Waals surface area (Å²) >= 11 is 0. The molecule has 6 heteroatoms. The van der Waals surface area contributed by atoms with E-state index in [1.165, 1.54) is 12.8 Å². The van der Waals surface area contributed by atoms with Gasteiger partial charge in [-0.25, -0.2) is 4.79 Å². The Kier molecular flexibility index (Phi) is 4.29. The lowest BCUT2D eigenvalue weighted by atomic mass is 10.0. The molecule has 1 aliphatic heterocycles. The van der Waals surface area contributed by atoms with Crippen LogP contribution in [0.1, 0.15) is 35.7 Å². The normalized spacial score (nSPS) is 14.1. The summed E-state index contributed by atoms with van der Waals surface area (Å²) in [6.07, 6.45) is 2.80. The zero-order valence-corrected chi connectivity index (χ0v) is 13.5. The van der Waals surface area contributed by atoms with E-state index >= 15 is 0 Å². The molecule has 0 spiro atoms. The second-order valence-electron chi connectivity index (χ2n) is 5.93.